The summed E-state index contributed by atoms with van der Waals surface area (Å²) in [5.74, 6) is 0. The normalized spacial score (nSPS) is 9.32. The van der Waals surface area contributed by atoms with Crippen molar-refractivity contribution in [3.05, 3.63) is 148 Å². The van der Waals surface area contributed by atoms with E-state index in [4.69, 9.17) is 0 Å². The van der Waals surface area contributed by atoms with Crippen molar-refractivity contribution >= 4 is 5.57 Å². The highest BCUT2D eigenvalue weighted by Gasteiger charge is 2.23. The van der Waals surface area contributed by atoms with Gasteiger partial charge in [-0.1, -0.05) is 195 Å². The third-order valence-corrected chi connectivity index (χ3v) is 6.13. The molecule has 0 saturated carbocycles. The lowest BCUT2D eigenvalue weighted by molar-refractivity contribution is 0.639. The molecule has 0 spiro atoms. The van der Waals surface area contributed by atoms with E-state index in [2.05, 4.69) is 127 Å². The minimum atomic E-state index is 0.0675. The van der Waals surface area contributed by atoms with Crippen LogP contribution < -0.4 is 0 Å². The first-order valence-electron chi connectivity index (χ1n) is 15.6. The smallest absolute Gasteiger partial charge is 0.0146 e. The van der Waals surface area contributed by atoms with Crippen molar-refractivity contribution in [3.8, 4) is 0 Å². The zero-order valence-corrected chi connectivity index (χ0v) is 28.9. The number of benzene rings is 4. The highest BCUT2D eigenvalue weighted by Crippen LogP contribution is 2.32. The van der Waals surface area contributed by atoms with Gasteiger partial charge in [0.2, 0.25) is 0 Å². The van der Waals surface area contributed by atoms with Gasteiger partial charge in [-0.05, 0) is 55.5 Å². The Morgan fingerprint density at radius 1 is 0.439 bits per heavy atom. The van der Waals surface area contributed by atoms with Crippen molar-refractivity contribution in [2.75, 3.05) is 0 Å². The van der Waals surface area contributed by atoms with E-state index in [1.54, 1.807) is 0 Å². The molecule has 4 aromatic carbocycles. The minimum Gasteiger partial charge on any atom is -0.0906 e. The van der Waals surface area contributed by atoms with Crippen molar-refractivity contribution in [3.63, 3.8) is 0 Å². The molecule has 0 saturated heterocycles. The predicted molar refractivity (Wildman–Crippen MR) is 190 cm³/mol. The summed E-state index contributed by atoms with van der Waals surface area (Å²) < 4.78 is 0. The minimum absolute atomic E-state index is 0.0675. The third kappa shape index (κ3) is 13.7. The molecule has 0 aliphatic heterocycles. The largest absolute Gasteiger partial charge is 0.0906 e. The molecule has 4 aromatic rings. The molecule has 0 atom stereocenters. The Morgan fingerprint density at radius 3 is 1.17 bits per heavy atom. The molecule has 224 valence electrons. The van der Waals surface area contributed by atoms with Gasteiger partial charge in [-0.3, -0.25) is 0 Å². The first-order chi connectivity index (χ1) is 19.7. The topological polar surface area (TPSA) is 0 Å². The average molecular weight is 553 g/mol. The van der Waals surface area contributed by atoms with Crippen LogP contribution in [0.5, 0.6) is 0 Å². The summed E-state index contributed by atoms with van der Waals surface area (Å²) in [7, 11) is 0. The quantitative estimate of drug-likeness (QED) is 0.236. The van der Waals surface area contributed by atoms with Crippen LogP contribution in [0, 0.1) is 27.7 Å². The molecular weight excluding hydrogens is 492 g/mol. The molecule has 0 bridgehead atoms. The second kappa shape index (κ2) is 22.3. The van der Waals surface area contributed by atoms with E-state index >= 15 is 0 Å². The van der Waals surface area contributed by atoms with Gasteiger partial charge in [-0.25, -0.2) is 0 Å². The summed E-state index contributed by atoms with van der Waals surface area (Å²) >= 11 is 0. The number of rotatable bonds is 4. The van der Waals surface area contributed by atoms with E-state index < -0.39 is 0 Å². The molecule has 0 aliphatic rings. The van der Waals surface area contributed by atoms with Crippen LogP contribution in [0.25, 0.3) is 5.57 Å². The highest BCUT2D eigenvalue weighted by molar-refractivity contribution is 5.78. The first kappa shape index (κ1) is 39.8. The Balaban J connectivity index is 0. The van der Waals surface area contributed by atoms with Gasteiger partial charge in [0.05, 0.1) is 0 Å². The molecule has 0 aromatic heterocycles. The zero-order valence-electron chi connectivity index (χ0n) is 28.9. The molecular formula is C41H60. The van der Waals surface area contributed by atoms with Crippen molar-refractivity contribution in [1.82, 2.24) is 0 Å². The van der Waals surface area contributed by atoms with Crippen molar-refractivity contribution in [2.24, 2.45) is 0 Å². The summed E-state index contributed by atoms with van der Waals surface area (Å²) in [6, 6.07) is 34.4. The summed E-state index contributed by atoms with van der Waals surface area (Å²) in [5, 5.41) is 0. The van der Waals surface area contributed by atoms with Gasteiger partial charge in [0.15, 0.2) is 0 Å². The molecule has 0 aliphatic carbocycles. The molecule has 0 N–H and O–H groups in total. The van der Waals surface area contributed by atoms with Gasteiger partial charge >= 0.3 is 0 Å². The van der Waals surface area contributed by atoms with Gasteiger partial charge in [-0.2, -0.15) is 0 Å². The average Bonchev–Trinajstić information content (AvgIpc) is 3.01. The lowest BCUT2D eigenvalue weighted by atomic mass is 9.77. The molecule has 0 nitrogen and oxygen atoms in total. The van der Waals surface area contributed by atoms with Crippen LogP contribution in [0.2, 0.25) is 0 Å². The number of aryl methyl sites for hydroxylation is 4. The monoisotopic (exact) mass is 552 g/mol. The molecule has 0 heterocycles. The van der Waals surface area contributed by atoms with Crippen LogP contribution >= 0.6 is 0 Å². The molecule has 0 unspecified atom stereocenters. The van der Waals surface area contributed by atoms with E-state index in [9.17, 15) is 0 Å². The lowest BCUT2D eigenvalue weighted by Gasteiger charge is -2.27. The van der Waals surface area contributed by atoms with Crippen LogP contribution in [0.3, 0.4) is 0 Å². The van der Waals surface area contributed by atoms with E-state index in [1.165, 1.54) is 44.5 Å². The van der Waals surface area contributed by atoms with Gasteiger partial charge in [0, 0.05) is 5.41 Å². The van der Waals surface area contributed by atoms with E-state index in [0.717, 1.165) is 5.57 Å². The SMILES string of the molecule is C=C(c1ccccc1)c1cc(C)cc(C)c1.CC.CC.CC.CC.Cc1cc(C)cc(C(C)(C)c2ccccc2)c1. The standard InChI is InChI=1S/C17H20.C16H16.4C2H6/c1-13-10-14(2)12-16(11-13)17(3,4)15-8-6-5-7-9-15;1-12-9-13(2)11-16(10-12)14(3)15-7-5-4-6-8-15;4*1-2/h5-12H,1-4H3;4-11H,3H2,1-2H3;4*1-2H3. The zero-order chi connectivity index (χ0) is 32.0. The second-order valence-corrected chi connectivity index (χ2v) is 9.59. The van der Waals surface area contributed by atoms with E-state index in [-0.39, 0.29) is 5.41 Å². The van der Waals surface area contributed by atoms with Gasteiger partial charge < -0.3 is 0 Å². The van der Waals surface area contributed by atoms with Crippen LogP contribution in [-0.2, 0) is 5.41 Å². The molecule has 4 rings (SSSR count). The number of hydrogen-bond acceptors (Lipinski definition) is 0. The molecule has 0 fully saturated rings. The Hall–Kier alpha value is -3.38. The van der Waals surface area contributed by atoms with Crippen molar-refractivity contribution < 1.29 is 0 Å². The predicted octanol–water partition coefficient (Wildman–Crippen LogP) is 13.1. The maximum atomic E-state index is 4.18. The second-order valence-electron chi connectivity index (χ2n) is 9.59. The lowest BCUT2D eigenvalue weighted by Crippen LogP contribution is -2.19. The van der Waals surface area contributed by atoms with Crippen LogP contribution in [-0.4, -0.2) is 0 Å². The Kier molecular flexibility index (Phi) is 21.7. The van der Waals surface area contributed by atoms with Crippen molar-refractivity contribution in [1.29, 1.82) is 0 Å². The summed E-state index contributed by atoms with van der Waals surface area (Å²) in [6.45, 7) is 33.3. The fraction of sp³-hybridized carbons (Fsp3) is 0.366. The maximum absolute atomic E-state index is 4.18. The van der Waals surface area contributed by atoms with Crippen LogP contribution in [0.15, 0.2) is 104 Å². The van der Waals surface area contributed by atoms with Crippen LogP contribution in [0.4, 0.5) is 0 Å². The van der Waals surface area contributed by atoms with Crippen LogP contribution in [0.1, 0.15) is 114 Å². The maximum Gasteiger partial charge on any atom is 0.0146 e. The van der Waals surface area contributed by atoms with Gasteiger partial charge in [-0.15, -0.1) is 0 Å². The summed E-state index contributed by atoms with van der Waals surface area (Å²) in [5.41, 5.74) is 11.6. The highest BCUT2D eigenvalue weighted by atomic mass is 14.3. The number of hydrogen-bond donors (Lipinski definition) is 0. The van der Waals surface area contributed by atoms with Gasteiger partial charge in [0.1, 0.15) is 0 Å². The first-order valence-corrected chi connectivity index (χ1v) is 15.6. The Labute approximate surface area is 255 Å². The van der Waals surface area contributed by atoms with E-state index in [1.807, 2.05) is 73.6 Å². The molecule has 0 radical (unpaired) electrons. The van der Waals surface area contributed by atoms with E-state index in [0.29, 0.717) is 0 Å². The van der Waals surface area contributed by atoms with Crippen molar-refractivity contribution in [2.45, 2.75) is 102 Å². The fourth-order valence-electron chi connectivity index (χ4n) is 4.31. The molecule has 41 heavy (non-hydrogen) atoms. The molecule has 0 amide bonds. The Bertz CT molecular complexity index is 1170. The molecule has 0 heteroatoms. The van der Waals surface area contributed by atoms with Gasteiger partial charge in [0.25, 0.3) is 0 Å². The summed E-state index contributed by atoms with van der Waals surface area (Å²) in [6.07, 6.45) is 0. The fourth-order valence-corrected chi connectivity index (χ4v) is 4.31. The third-order valence-electron chi connectivity index (χ3n) is 6.13. The summed E-state index contributed by atoms with van der Waals surface area (Å²) in [4.78, 5) is 0. The Morgan fingerprint density at radius 2 is 0.780 bits per heavy atom.